The fourth-order valence-corrected chi connectivity index (χ4v) is 1.49. The zero-order chi connectivity index (χ0) is 13.7. The highest BCUT2D eigenvalue weighted by Gasteiger charge is 2.26. The van der Waals surface area contributed by atoms with Crippen molar-refractivity contribution in [1.82, 2.24) is 10.3 Å². The molecule has 0 bridgehead atoms. The number of aromatic nitrogens is 1. The van der Waals surface area contributed by atoms with E-state index in [4.69, 9.17) is 5.11 Å². The van der Waals surface area contributed by atoms with Gasteiger partial charge in [0.1, 0.15) is 0 Å². The second kappa shape index (κ2) is 6.14. The fraction of sp³-hybridized carbons (Fsp3) is 0.462. The van der Waals surface area contributed by atoms with E-state index in [0.29, 0.717) is 0 Å². The summed E-state index contributed by atoms with van der Waals surface area (Å²) in [6.07, 6.45) is 1.65. The molecule has 98 valence electrons. The van der Waals surface area contributed by atoms with Crippen molar-refractivity contribution < 1.29 is 14.7 Å². The first kappa shape index (κ1) is 14.2. The number of nitrogens with zero attached hydrogens (tertiary/aromatic N) is 1. The Hall–Kier alpha value is -1.91. The standard InChI is InChI=1S/C13H18N2O3/c1-8(9(2)13(17)18)12(16)15-10(3)11-6-4-5-7-14-11/h4-10H,1-3H3,(H,15,16)(H,17,18)/t8?,9?,10-/m1/s1. The lowest BCUT2D eigenvalue weighted by Crippen LogP contribution is -2.36. The zero-order valence-electron chi connectivity index (χ0n) is 10.8. The maximum atomic E-state index is 11.9. The van der Waals surface area contributed by atoms with E-state index < -0.39 is 17.8 Å². The Balaban J connectivity index is 2.62. The van der Waals surface area contributed by atoms with Crippen LogP contribution in [0.4, 0.5) is 0 Å². The van der Waals surface area contributed by atoms with Gasteiger partial charge in [0, 0.05) is 12.1 Å². The van der Waals surface area contributed by atoms with Gasteiger partial charge in [-0.3, -0.25) is 14.6 Å². The lowest BCUT2D eigenvalue weighted by molar-refractivity contribution is -0.146. The van der Waals surface area contributed by atoms with Crippen molar-refractivity contribution in [3.05, 3.63) is 30.1 Å². The van der Waals surface area contributed by atoms with Crippen molar-refractivity contribution in [3.8, 4) is 0 Å². The van der Waals surface area contributed by atoms with Crippen molar-refractivity contribution in [2.75, 3.05) is 0 Å². The summed E-state index contributed by atoms with van der Waals surface area (Å²) >= 11 is 0. The Kier molecular flexibility index (Phi) is 4.83. The minimum Gasteiger partial charge on any atom is -0.481 e. The molecule has 5 heteroatoms. The first-order valence-corrected chi connectivity index (χ1v) is 5.87. The third-order valence-corrected chi connectivity index (χ3v) is 3.04. The van der Waals surface area contributed by atoms with E-state index in [9.17, 15) is 9.59 Å². The summed E-state index contributed by atoms with van der Waals surface area (Å²) in [4.78, 5) is 26.8. The molecule has 0 aliphatic carbocycles. The lowest BCUT2D eigenvalue weighted by Gasteiger charge is -2.19. The Labute approximate surface area is 106 Å². The largest absolute Gasteiger partial charge is 0.481 e. The summed E-state index contributed by atoms with van der Waals surface area (Å²) in [5.41, 5.74) is 0.751. The van der Waals surface area contributed by atoms with E-state index in [-0.39, 0.29) is 11.9 Å². The number of hydrogen-bond acceptors (Lipinski definition) is 3. The molecule has 18 heavy (non-hydrogen) atoms. The van der Waals surface area contributed by atoms with Crippen molar-refractivity contribution in [2.24, 2.45) is 11.8 Å². The molecular formula is C13H18N2O3. The quantitative estimate of drug-likeness (QED) is 0.832. The predicted octanol–water partition coefficient (Wildman–Crippen LogP) is 1.62. The SMILES string of the molecule is CC(C(=O)O)C(C)C(=O)N[C@H](C)c1ccccn1. The molecule has 0 aromatic carbocycles. The van der Waals surface area contributed by atoms with Gasteiger partial charge in [-0.15, -0.1) is 0 Å². The summed E-state index contributed by atoms with van der Waals surface area (Å²) in [6.45, 7) is 4.95. The van der Waals surface area contributed by atoms with E-state index >= 15 is 0 Å². The van der Waals surface area contributed by atoms with E-state index in [1.54, 1.807) is 19.2 Å². The maximum Gasteiger partial charge on any atom is 0.307 e. The summed E-state index contributed by atoms with van der Waals surface area (Å²) < 4.78 is 0. The molecule has 0 aliphatic heterocycles. The van der Waals surface area contributed by atoms with Crippen molar-refractivity contribution in [2.45, 2.75) is 26.8 Å². The number of carbonyl (C=O) groups excluding carboxylic acids is 1. The zero-order valence-corrected chi connectivity index (χ0v) is 10.8. The molecule has 0 radical (unpaired) electrons. The first-order chi connectivity index (χ1) is 8.43. The second-order valence-electron chi connectivity index (χ2n) is 4.40. The van der Waals surface area contributed by atoms with Crippen molar-refractivity contribution >= 4 is 11.9 Å². The van der Waals surface area contributed by atoms with Crippen molar-refractivity contribution in [3.63, 3.8) is 0 Å². The van der Waals surface area contributed by atoms with Crippen LogP contribution in [-0.2, 0) is 9.59 Å². The average molecular weight is 250 g/mol. The van der Waals surface area contributed by atoms with E-state index in [0.717, 1.165) is 5.69 Å². The number of nitrogens with one attached hydrogen (secondary N) is 1. The fourth-order valence-electron chi connectivity index (χ4n) is 1.49. The third kappa shape index (κ3) is 3.55. The lowest BCUT2D eigenvalue weighted by atomic mass is 9.95. The molecule has 0 saturated carbocycles. The minimum atomic E-state index is -0.969. The molecule has 1 rings (SSSR count). The summed E-state index contributed by atoms with van der Waals surface area (Å²) in [6, 6.07) is 5.22. The van der Waals surface area contributed by atoms with Crippen LogP contribution in [-0.4, -0.2) is 22.0 Å². The highest BCUT2D eigenvalue weighted by Crippen LogP contribution is 2.14. The number of amides is 1. The number of hydrogen-bond donors (Lipinski definition) is 2. The molecule has 2 N–H and O–H groups in total. The molecule has 1 aromatic rings. The number of aliphatic carboxylic acids is 1. The molecule has 0 aliphatic rings. The summed E-state index contributed by atoms with van der Waals surface area (Å²) in [7, 11) is 0. The van der Waals surface area contributed by atoms with Gasteiger partial charge in [0.05, 0.1) is 17.7 Å². The van der Waals surface area contributed by atoms with E-state index in [1.165, 1.54) is 6.92 Å². The highest BCUT2D eigenvalue weighted by atomic mass is 16.4. The van der Waals surface area contributed by atoms with Gasteiger partial charge in [0.15, 0.2) is 0 Å². The summed E-state index contributed by atoms with van der Waals surface area (Å²) in [5.74, 6) is -2.53. The van der Waals surface area contributed by atoms with Gasteiger partial charge in [-0.05, 0) is 19.1 Å². The minimum absolute atomic E-state index is 0.234. The van der Waals surface area contributed by atoms with Gasteiger partial charge in [0.2, 0.25) is 5.91 Å². The Morgan fingerprint density at radius 1 is 1.22 bits per heavy atom. The third-order valence-electron chi connectivity index (χ3n) is 3.04. The normalized spacial score (nSPS) is 15.5. The second-order valence-corrected chi connectivity index (χ2v) is 4.40. The Morgan fingerprint density at radius 2 is 1.89 bits per heavy atom. The molecule has 0 saturated heterocycles. The van der Waals surface area contributed by atoms with Crippen LogP contribution in [0.2, 0.25) is 0 Å². The topological polar surface area (TPSA) is 79.3 Å². The van der Waals surface area contributed by atoms with Crippen LogP contribution in [0, 0.1) is 11.8 Å². The van der Waals surface area contributed by atoms with Gasteiger partial charge >= 0.3 is 5.97 Å². The number of carboxylic acids is 1. The van der Waals surface area contributed by atoms with Crippen LogP contribution in [0.5, 0.6) is 0 Å². The van der Waals surface area contributed by atoms with Gasteiger partial charge < -0.3 is 10.4 Å². The first-order valence-electron chi connectivity index (χ1n) is 5.87. The van der Waals surface area contributed by atoms with Gasteiger partial charge in [-0.25, -0.2) is 0 Å². The molecule has 1 heterocycles. The monoisotopic (exact) mass is 250 g/mol. The molecule has 3 atom stereocenters. The van der Waals surface area contributed by atoms with Crippen LogP contribution < -0.4 is 5.32 Å². The number of carbonyl (C=O) groups is 2. The molecular weight excluding hydrogens is 232 g/mol. The van der Waals surface area contributed by atoms with E-state index in [1.807, 2.05) is 19.1 Å². The molecule has 2 unspecified atom stereocenters. The molecule has 5 nitrogen and oxygen atoms in total. The average Bonchev–Trinajstić information content (AvgIpc) is 2.37. The van der Waals surface area contributed by atoms with Crippen LogP contribution in [0.15, 0.2) is 24.4 Å². The Bertz CT molecular complexity index is 420. The smallest absolute Gasteiger partial charge is 0.307 e. The van der Waals surface area contributed by atoms with Gasteiger partial charge in [-0.2, -0.15) is 0 Å². The van der Waals surface area contributed by atoms with Gasteiger partial charge in [0.25, 0.3) is 0 Å². The van der Waals surface area contributed by atoms with E-state index in [2.05, 4.69) is 10.3 Å². The number of rotatable bonds is 5. The molecule has 1 aromatic heterocycles. The van der Waals surface area contributed by atoms with Crippen molar-refractivity contribution in [1.29, 1.82) is 0 Å². The molecule has 0 fully saturated rings. The molecule has 1 amide bonds. The van der Waals surface area contributed by atoms with Gasteiger partial charge in [-0.1, -0.05) is 19.9 Å². The number of pyridine rings is 1. The molecule has 0 spiro atoms. The van der Waals surface area contributed by atoms with Crippen LogP contribution >= 0.6 is 0 Å². The summed E-state index contributed by atoms with van der Waals surface area (Å²) in [5, 5.41) is 11.6. The van der Waals surface area contributed by atoms with Crippen LogP contribution in [0.1, 0.15) is 32.5 Å². The highest BCUT2D eigenvalue weighted by molar-refractivity contribution is 5.84. The predicted molar refractivity (Wildman–Crippen MR) is 66.8 cm³/mol. The number of carboxylic acid groups (broad SMARTS) is 1. The Morgan fingerprint density at radius 3 is 2.39 bits per heavy atom. The maximum absolute atomic E-state index is 11.9. The van der Waals surface area contributed by atoms with Crippen LogP contribution in [0.3, 0.4) is 0 Å². The van der Waals surface area contributed by atoms with Crippen LogP contribution in [0.25, 0.3) is 0 Å².